The third-order valence-corrected chi connectivity index (χ3v) is 3.08. The number of nitrogens with zero attached hydrogens (tertiary/aromatic N) is 1. The van der Waals surface area contributed by atoms with Crippen molar-refractivity contribution < 1.29 is 9.90 Å². The smallest absolute Gasteiger partial charge is 0.303 e. The van der Waals surface area contributed by atoms with E-state index in [1.807, 2.05) is 13.0 Å². The maximum Gasteiger partial charge on any atom is 0.303 e. The van der Waals surface area contributed by atoms with Crippen molar-refractivity contribution in [1.82, 2.24) is 4.57 Å². The van der Waals surface area contributed by atoms with E-state index in [0.717, 1.165) is 12.1 Å². The lowest BCUT2D eigenvalue weighted by Gasteiger charge is -2.24. The first-order chi connectivity index (χ1) is 8.77. The van der Waals surface area contributed by atoms with Gasteiger partial charge in [0, 0.05) is 29.6 Å². The van der Waals surface area contributed by atoms with Crippen LogP contribution in [0.4, 0.5) is 0 Å². The van der Waals surface area contributed by atoms with Crippen molar-refractivity contribution in [3.63, 3.8) is 0 Å². The first-order valence-electron chi connectivity index (χ1n) is 6.72. The molecule has 0 radical (unpaired) electrons. The molecule has 0 amide bonds. The van der Waals surface area contributed by atoms with Gasteiger partial charge in [0.15, 0.2) is 0 Å². The Labute approximate surface area is 114 Å². The lowest BCUT2D eigenvalue weighted by Crippen LogP contribution is -2.31. The van der Waals surface area contributed by atoms with Gasteiger partial charge in [0.1, 0.15) is 0 Å². The molecule has 1 aromatic rings. The number of aromatic nitrogens is 1. The molecule has 106 valence electrons. The summed E-state index contributed by atoms with van der Waals surface area (Å²) < 4.78 is 1.79. The third kappa shape index (κ3) is 3.94. The first-order valence-corrected chi connectivity index (χ1v) is 6.72. The topological polar surface area (TPSA) is 59.3 Å². The normalized spacial score (nSPS) is 11.6. The first kappa shape index (κ1) is 15.5. The number of pyridine rings is 1. The average Bonchev–Trinajstić information content (AvgIpc) is 2.28. The Morgan fingerprint density at radius 1 is 1.32 bits per heavy atom. The van der Waals surface area contributed by atoms with E-state index in [1.165, 1.54) is 0 Å². The van der Waals surface area contributed by atoms with Crippen molar-refractivity contribution in [3.8, 4) is 0 Å². The predicted octanol–water partition coefficient (Wildman–Crippen LogP) is 2.57. The van der Waals surface area contributed by atoms with E-state index in [9.17, 15) is 9.59 Å². The summed E-state index contributed by atoms with van der Waals surface area (Å²) in [5.74, 6) is -0.874. The minimum absolute atomic E-state index is 0.00374. The number of hydrogen-bond donors (Lipinski definition) is 1. The molecule has 19 heavy (non-hydrogen) atoms. The number of carboxylic acids is 1. The standard InChI is InChI=1S/C15H23NO3/c1-5-10-16-12(15(2,3)4)8-6-11(14(16)19)7-9-13(17)18/h6,8H,5,7,9-10H2,1-4H3,(H,17,18). The highest BCUT2D eigenvalue weighted by atomic mass is 16.4. The summed E-state index contributed by atoms with van der Waals surface area (Å²) in [6, 6.07) is 3.73. The molecule has 0 bridgehead atoms. The third-order valence-electron chi connectivity index (χ3n) is 3.08. The molecule has 0 aliphatic heterocycles. The zero-order valence-electron chi connectivity index (χ0n) is 12.2. The minimum Gasteiger partial charge on any atom is -0.481 e. The summed E-state index contributed by atoms with van der Waals surface area (Å²) in [6.07, 6.45) is 1.17. The molecule has 0 atom stereocenters. The van der Waals surface area contributed by atoms with Gasteiger partial charge in [0.25, 0.3) is 5.56 Å². The number of aliphatic carboxylic acids is 1. The molecule has 0 unspecified atom stereocenters. The van der Waals surface area contributed by atoms with E-state index < -0.39 is 5.97 Å². The lowest BCUT2D eigenvalue weighted by atomic mass is 9.90. The van der Waals surface area contributed by atoms with Crippen LogP contribution in [0.2, 0.25) is 0 Å². The number of carbonyl (C=O) groups is 1. The summed E-state index contributed by atoms with van der Waals surface area (Å²) in [5.41, 5.74) is 1.44. The summed E-state index contributed by atoms with van der Waals surface area (Å²) in [6.45, 7) is 8.93. The molecule has 0 aliphatic carbocycles. The van der Waals surface area contributed by atoms with Gasteiger partial charge in [-0.05, 0) is 18.9 Å². The Bertz CT molecular complexity index is 509. The van der Waals surface area contributed by atoms with Crippen LogP contribution in [-0.4, -0.2) is 15.6 Å². The second-order valence-electron chi connectivity index (χ2n) is 5.84. The number of rotatable bonds is 5. The molecule has 4 nitrogen and oxygen atoms in total. The highest BCUT2D eigenvalue weighted by Crippen LogP contribution is 2.21. The van der Waals surface area contributed by atoms with Gasteiger partial charge in [0.2, 0.25) is 0 Å². The Morgan fingerprint density at radius 3 is 2.42 bits per heavy atom. The Hall–Kier alpha value is -1.58. The van der Waals surface area contributed by atoms with Gasteiger partial charge in [-0.15, -0.1) is 0 Å². The molecule has 1 aromatic heterocycles. The Balaban J connectivity index is 3.23. The fraction of sp³-hybridized carbons (Fsp3) is 0.600. The number of hydrogen-bond acceptors (Lipinski definition) is 2. The molecule has 0 saturated carbocycles. The maximum atomic E-state index is 12.4. The van der Waals surface area contributed by atoms with Crippen molar-refractivity contribution in [2.24, 2.45) is 0 Å². The largest absolute Gasteiger partial charge is 0.481 e. The predicted molar refractivity (Wildman–Crippen MR) is 75.6 cm³/mol. The van der Waals surface area contributed by atoms with Crippen molar-refractivity contribution in [2.45, 2.75) is 58.9 Å². The molecule has 1 N–H and O–H groups in total. The number of carboxylic acid groups (broad SMARTS) is 1. The number of aryl methyl sites for hydroxylation is 1. The van der Waals surface area contributed by atoms with Crippen molar-refractivity contribution in [1.29, 1.82) is 0 Å². The van der Waals surface area contributed by atoms with Gasteiger partial charge in [-0.25, -0.2) is 0 Å². The van der Waals surface area contributed by atoms with E-state index in [4.69, 9.17) is 5.11 Å². The van der Waals surface area contributed by atoms with Gasteiger partial charge in [-0.3, -0.25) is 9.59 Å². The Kier molecular flexibility index (Phi) is 4.92. The highest BCUT2D eigenvalue weighted by molar-refractivity contribution is 5.67. The highest BCUT2D eigenvalue weighted by Gasteiger charge is 2.19. The molecule has 0 saturated heterocycles. The molecule has 0 aromatic carbocycles. The van der Waals surface area contributed by atoms with Crippen LogP contribution in [0.25, 0.3) is 0 Å². The van der Waals surface area contributed by atoms with Crippen molar-refractivity contribution in [2.75, 3.05) is 0 Å². The van der Waals surface area contributed by atoms with Gasteiger partial charge >= 0.3 is 5.97 Å². The van der Waals surface area contributed by atoms with Crippen LogP contribution in [0.15, 0.2) is 16.9 Å². The van der Waals surface area contributed by atoms with Gasteiger partial charge in [-0.1, -0.05) is 33.8 Å². The lowest BCUT2D eigenvalue weighted by molar-refractivity contribution is -0.136. The quantitative estimate of drug-likeness (QED) is 0.890. The SMILES string of the molecule is CCCn1c(C(C)(C)C)ccc(CCC(=O)O)c1=O. The van der Waals surface area contributed by atoms with Crippen LogP contribution >= 0.6 is 0 Å². The second kappa shape index (κ2) is 6.04. The molecule has 1 rings (SSSR count). The van der Waals surface area contributed by atoms with E-state index in [2.05, 4.69) is 20.8 Å². The Morgan fingerprint density at radius 2 is 1.95 bits per heavy atom. The van der Waals surface area contributed by atoms with Gasteiger partial charge in [0.05, 0.1) is 0 Å². The van der Waals surface area contributed by atoms with Crippen LogP contribution in [0.5, 0.6) is 0 Å². The van der Waals surface area contributed by atoms with Gasteiger partial charge in [-0.2, -0.15) is 0 Å². The zero-order chi connectivity index (χ0) is 14.6. The summed E-state index contributed by atoms with van der Waals surface area (Å²) >= 11 is 0. The van der Waals surface area contributed by atoms with Crippen molar-refractivity contribution >= 4 is 5.97 Å². The zero-order valence-corrected chi connectivity index (χ0v) is 12.2. The molecule has 4 heteroatoms. The molecule has 1 heterocycles. The monoisotopic (exact) mass is 265 g/mol. The maximum absolute atomic E-state index is 12.4. The van der Waals surface area contributed by atoms with Crippen LogP contribution in [0.1, 0.15) is 51.8 Å². The van der Waals surface area contributed by atoms with Crippen LogP contribution in [0.3, 0.4) is 0 Å². The van der Waals surface area contributed by atoms with Crippen LogP contribution in [-0.2, 0) is 23.2 Å². The summed E-state index contributed by atoms with van der Waals surface area (Å²) in [7, 11) is 0. The van der Waals surface area contributed by atoms with Gasteiger partial charge < -0.3 is 9.67 Å². The van der Waals surface area contributed by atoms with Crippen LogP contribution < -0.4 is 5.56 Å². The van der Waals surface area contributed by atoms with E-state index >= 15 is 0 Å². The summed E-state index contributed by atoms with van der Waals surface area (Å²) in [4.78, 5) is 23.0. The fourth-order valence-corrected chi connectivity index (χ4v) is 2.16. The fourth-order valence-electron chi connectivity index (χ4n) is 2.16. The molecular weight excluding hydrogens is 242 g/mol. The molecule has 0 fully saturated rings. The summed E-state index contributed by atoms with van der Waals surface area (Å²) in [5, 5.41) is 8.71. The van der Waals surface area contributed by atoms with E-state index in [1.54, 1.807) is 10.6 Å². The average molecular weight is 265 g/mol. The second-order valence-corrected chi connectivity index (χ2v) is 5.84. The molecule has 0 spiro atoms. The van der Waals surface area contributed by atoms with Crippen molar-refractivity contribution in [3.05, 3.63) is 33.7 Å². The molecule has 0 aliphatic rings. The minimum atomic E-state index is -0.874. The van der Waals surface area contributed by atoms with E-state index in [0.29, 0.717) is 18.5 Å². The molecular formula is C15H23NO3. The van der Waals surface area contributed by atoms with E-state index in [-0.39, 0.29) is 17.4 Å². The van der Waals surface area contributed by atoms with Crippen LogP contribution in [0, 0.1) is 0 Å².